The molecule has 0 saturated carbocycles. The van der Waals surface area contributed by atoms with Crippen molar-refractivity contribution in [2.24, 2.45) is 7.05 Å². The van der Waals surface area contributed by atoms with Gasteiger partial charge in [-0.15, -0.1) is 0 Å². The lowest BCUT2D eigenvalue weighted by Gasteiger charge is -2.10. The minimum absolute atomic E-state index is 0.0582. The third kappa shape index (κ3) is 4.70. The maximum absolute atomic E-state index is 12.7. The first-order chi connectivity index (χ1) is 13.2. The lowest BCUT2D eigenvalue weighted by Crippen LogP contribution is -2.24. The van der Waals surface area contributed by atoms with Crippen LogP contribution >= 0.6 is 0 Å². The number of nitrogens with one attached hydrogen (secondary N) is 1. The molecule has 7 nitrogen and oxygen atoms in total. The van der Waals surface area contributed by atoms with Crippen LogP contribution in [0.2, 0.25) is 0 Å². The van der Waals surface area contributed by atoms with E-state index in [9.17, 15) is 18.0 Å². The maximum atomic E-state index is 12.7. The smallest absolute Gasteiger partial charge is 0.416 e. The van der Waals surface area contributed by atoms with Crippen molar-refractivity contribution in [3.8, 4) is 5.75 Å². The van der Waals surface area contributed by atoms with E-state index >= 15 is 0 Å². The summed E-state index contributed by atoms with van der Waals surface area (Å²) in [5, 5.41) is 11.0. The molecule has 2 aromatic heterocycles. The number of nitrogens with zero attached hydrogens (tertiary/aromatic N) is 4. The largest absolute Gasteiger partial charge is 0.471 e. The molecular weight excluding hydrogens is 375 g/mol. The lowest BCUT2D eigenvalue weighted by atomic mass is 10.2. The van der Waals surface area contributed by atoms with Crippen LogP contribution in [0.15, 0.2) is 42.6 Å². The van der Waals surface area contributed by atoms with E-state index in [2.05, 4.69) is 15.5 Å². The number of hydrogen-bond acceptors (Lipinski definition) is 4. The Hall–Kier alpha value is -3.30. The predicted molar refractivity (Wildman–Crippen MR) is 93.4 cm³/mol. The van der Waals surface area contributed by atoms with E-state index in [4.69, 9.17) is 4.74 Å². The fourth-order valence-electron chi connectivity index (χ4n) is 2.55. The maximum Gasteiger partial charge on any atom is 0.416 e. The van der Waals surface area contributed by atoms with Crippen molar-refractivity contribution in [1.29, 1.82) is 0 Å². The minimum Gasteiger partial charge on any atom is -0.471 e. The average Bonchev–Trinajstić information content (AvgIpc) is 3.23. The number of carbonyl (C=O) groups is 1. The van der Waals surface area contributed by atoms with Crippen LogP contribution in [0, 0.1) is 6.92 Å². The van der Waals surface area contributed by atoms with E-state index in [1.54, 1.807) is 11.7 Å². The number of aryl methyl sites for hydroxylation is 2. The van der Waals surface area contributed by atoms with Gasteiger partial charge in [-0.05, 0) is 37.3 Å². The van der Waals surface area contributed by atoms with Crippen molar-refractivity contribution in [3.05, 3.63) is 65.2 Å². The third-order valence-electron chi connectivity index (χ3n) is 3.93. The fraction of sp³-hybridized carbons (Fsp3) is 0.278. The van der Waals surface area contributed by atoms with Gasteiger partial charge in [-0.2, -0.15) is 23.4 Å². The molecular formula is C18H18F3N5O2. The Kier molecular flexibility index (Phi) is 5.39. The molecule has 1 N–H and O–H groups in total. The van der Waals surface area contributed by atoms with Crippen molar-refractivity contribution in [2.75, 3.05) is 0 Å². The molecule has 0 atom stereocenters. The number of amides is 1. The molecule has 0 saturated heterocycles. The van der Waals surface area contributed by atoms with Gasteiger partial charge in [0.1, 0.15) is 11.4 Å². The second-order valence-electron chi connectivity index (χ2n) is 6.12. The number of rotatable bonds is 6. The first-order valence-corrected chi connectivity index (χ1v) is 8.33. The number of hydrogen-bond donors (Lipinski definition) is 1. The summed E-state index contributed by atoms with van der Waals surface area (Å²) in [7, 11) is 1.79. The summed E-state index contributed by atoms with van der Waals surface area (Å²) in [5.41, 5.74) is 1.07. The highest BCUT2D eigenvalue weighted by Crippen LogP contribution is 2.31. The molecule has 0 aliphatic carbocycles. The molecule has 1 amide bonds. The topological polar surface area (TPSA) is 74.0 Å². The van der Waals surface area contributed by atoms with Crippen molar-refractivity contribution in [3.63, 3.8) is 0 Å². The highest BCUT2D eigenvalue weighted by Gasteiger charge is 2.30. The number of ether oxygens (including phenoxy) is 1. The van der Waals surface area contributed by atoms with Crippen LogP contribution < -0.4 is 10.1 Å². The predicted octanol–water partition coefficient (Wildman–Crippen LogP) is 2.91. The minimum atomic E-state index is -4.44. The molecule has 0 bridgehead atoms. The van der Waals surface area contributed by atoms with Gasteiger partial charge in [-0.25, -0.2) is 4.68 Å². The van der Waals surface area contributed by atoms with Crippen LogP contribution in [0.3, 0.4) is 0 Å². The molecule has 2 heterocycles. The van der Waals surface area contributed by atoms with Crippen LogP contribution in [0.1, 0.15) is 27.4 Å². The molecule has 0 aliphatic heterocycles. The normalized spacial score (nSPS) is 11.5. The molecule has 148 valence electrons. The molecule has 0 unspecified atom stereocenters. The lowest BCUT2D eigenvalue weighted by molar-refractivity contribution is -0.137. The number of benzene rings is 1. The molecule has 3 aromatic rings. The number of alkyl halides is 3. The zero-order chi connectivity index (χ0) is 20.3. The van der Waals surface area contributed by atoms with E-state index < -0.39 is 11.7 Å². The second-order valence-corrected chi connectivity index (χ2v) is 6.12. The van der Waals surface area contributed by atoms with E-state index in [1.165, 1.54) is 29.1 Å². The summed E-state index contributed by atoms with van der Waals surface area (Å²) in [6.45, 7) is 2.02. The van der Waals surface area contributed by atoms with E-state index in [1.807, 2.05) is 13.0 Å². The van der Waals surface area contributed by atoms with Crippen molar-refractivity contribution >= 4 is 5.91 Å². The highest BCUT2D eigenvalue weighted by atomic mass is 19.4. The second kappa shape index (κ2) is 7.75. The Morgan fingerprint density at radius 1 is 1.21 bits per heavy atom. The van der Waals surface area contributed by atoms with E-state index in [0.29, 0.717) is 6.54 Å². The Balaban J connectivity index is 1.56. The molecule has 0 fully saturated rings. The van der Waals surface area contributed by atoms with Crippen LogP contribution in [0.5, 0.6) is 5.75 Å². The molecule has 1 aromatic carbocycles. The Morgan fingerprint density at radius 2 is 2.00 bits per heavy atom. The molecule has 0 aliphatic rings. The van der Waals surface area contributed by atoms with Gasteiger partial charge < -0.3 is 10.1 Å². The molecule has 0 spiro atoms. The molecule has 0 radical (unpaired) electrons. The van der Waals surface area contributed by atoms with Gasteiger partial charge in [0.2, 0.25) is 0 Å². The van der Waals surface area contributed by atoms with Gasteiger partial charge in [0.05, 0.1) is 23.5 Å². The van der Waals surface area contributed by atoms with Crippen LogP contribution in [0.25, 0.3) is 0 Å². The molecule has 28 heavy (non-hydrogen) atoms. The monoisotopic (exact) mass is 393 g/mol. The Labute approximate surface area is 158 Å². The van der Waals surface area contributed by atoms with Crippen molar-refractivity contribution < 1.29 is 22.7 Å². The zero-order valence-electron chi connectivity index (χ0n) is 15.2. The Bertz CT molecular complexity index is 978. The highest BCUT2D eigenvalue weighted by molar-refractivity contribution is 5.92. The molecule has 3 rings (SSSR count). The number of halogens is 3. The van der Waals surface area contributed by atoms with Crippen LogP contribution in [-0.4, -0.2) is 25.5 Å². The third-order valence-corrected chi connectivity index (χ3v) is 3.93. The summed E-state index contributed by atoms with van der Waals surface area (Å²) in [6, 6.07) is 7.92. The average molecular weight is 393 g/mol. The zero-order valence-corrected chi connectivity index (χ0v) is 15.2. The van der Waals surface area contributed by atoms with Crippen LogP contribution in [0.4, 0.5) is 13.2 Å². The van der Waals surface area contributed by atoms with E-state index in [0.717, 1.165) is 23.5 Å². The van der Waals surface area contributed by atoms with Gasteiger partial charge in [0.25, 0.3) is 5.91 Å². The fourth-order valence-corrected chi connectivity index (χ4v) is 2.55. The summed E-state index contributed by atoms with van der Waals surface area (Å²) >= 11 is 0. The van der Waals surface area contributed by atoms with Gasteiger partial charge in [0, 0.05) is 13.2 Å². The van der Waals surface area contributed by atoms with Gasteiger partial charge in [-0.3, -0.25) is 9.48 Å². The van der Waals surface area contributed by atoms with Gasteiger partial charge in [0.15, 0.2) is 6.73 Å². The molecule has 10 heteroatoms. The van der Waals surface area contributed by atoms with Gasteiger partial charge >= 0.3 is 6.18 Å². The quantitative estimate of drug-likeness (QED) is 0.699. The SMILES string of the molecule is Cc1cc(CNC(=O)c2ccn(COc3cccc(C(F)(F)F)c3)n2)n(C)n1. The standard InChI is InChI=1S/C18H18F3N5O2/c1-12-8-14(25(2)23-12)10-22-17(27)16-6-7-26(24-16)11-28-15-5-3-4-13(9-15)18(19,20)21/h3-9H,10-11H2,1-2H3,(H,22,27). The summed E-state index contributed by atoms with van der Waals surface area (Å²) in [4.78, 5) is 12.2. The summed E-state index contributed by atoms with van der Waals surface area (Å²) in [6.07, 6.45) is -2.93. The number of carbonyl (C=O) groups excluding carboxylic acids is 1. The van der Waals surface area contributed by atoms with Crippen molar-refractivity contribution in [1.82, 2.24) is 24.9 Å². The van der Waals surface area contributed by atoms with Gasteiger partial charge in [-0.1, -0.05) is 6.07 Å². The first-order valence-electron chi connectivity index (χ1n) is 8.33. The summed E-state index contributed by atoms with van der Waals surface area (Å²) < 4.78 is 46.5. The first kappa shape index (κ1) is 19.5. The van der Waals surface area contributed by atoms with Crippen LogP contribution in [-0.2, 0) is 26.5 Å². The Morgan fingerprint density at radius 3 is 2.68 bits per heavy atom. The van der Waals surface area contributed by atoms with E-state index in [-0.39, 0.29) is 24.1 Å². The van der Waals surface area contributed by atoms with Crippen molar-refractivity contribution in [2.45, 2.75) is 26.4 Å². The number of aromatic nitrogens is 4. The summed E-state index contributed by atoms with van der Waals surface area (Å²) in [5.74, 6) is -0.320.